The van der Waals surface area contributed by atoms with Crippen molar-refractivity contribution < 1.29 is 14.3 Å². The average molecular weight is 294 g/mol. The molecule has 21 heavy (non-hydrogen) atoms. The molecule has 1 rings (SSSR count). The van der Waals surface area contributed by atoms with Crippen molar-refractivity contribution in [3.8, 4) is 5.75 Å². The lowest BCUT2D eigenvalue weighted by molar-refractivity contribution is -0.140. The minimum Gasteiger partial charge on any atom is -0.494 e. The van der Waals surface area contributed by atoms with Crippen molar-refractivity contribution >= 4 is 5.97 Å². The van der Waals surface area contributed by atoms with Crippen molar-refractivity contribution in [3.63, 3.8) is 0 Å². The number of nitrogens with two attached hydrogens (primary N) is 1. The maximum atomic E-state index is 11.0. The maximum absolute atomic E-state index is 11.0. The number of rotatable bonds is 10. The van der Waals surface area contributed by atoms with E-state index < -0.39 is 0 Å². The molecule has 0 spiro atoms. The van der Waals surface area contributed by atoms with Gasteiger partial charge in [0.25, 0.3) is 0 Å². The lowest BCUT2D eigenvalue weighted by Gasteiger charge is -2.16. The van der Waals surface area contributed by atoms with Gasteiger partial charge >= 0.3 is 5.97 Å². The van der Waals surface area contributed by atoms with E-state index in [0.29, 0.717) is 19.6 Å². The zero-order chi connectivity index (χ0) is 15.5. The monoisotopic (exact) mass is 294 g/mol. The van der Waals surface area contributed by atoms with E-state index in [2.05, 4.69) is 9.64 Å². The summed E-state index contributed by atoms with van der Waals surface area (Å²) in [5.74, 6) is 0.720. The van der Waals surface area contributed by atoms with Crippen LogP contribution in [0.15, 0.2) is 24.3 Å². The van der Waals surface area contributed by atoms with Gasteiger partial charge in [-0.25, -0.2) is 0 Å². The third-order valence-electron chi connectivity index (χ3n) is 3.24. The first kappa shape index (κ1) is 17.5. The summed E-state index contributed by atoms with van der Waals surface area (Å²) in [5, 5.41) is 0. The van der Waals surface area contributed by atoms with Crippen LogP contribution in [0.2, 0.25) is 0 Å². The molecule has 0 fully saturated rings. The fourth-order valence-corrected chi connectivity index (χ4v) is 1.99. The molecule has 1 aromatic carbocycles. The molecule has 0 aromatic heterocycles. The van der Waals surface area contributed by atoms with Crippen LogP contribution >= 0.6 is 0 Å². The van der Waals surface area contributed by atoms with E-state index in [1.165, 1.54) is 7.11 Å². The molecule has 0 bridgehead atoms. The molecule has 5 nitrogen and oxygen atoms in total. The Labute approximate surface area is 127 Å². The highest BCUT2D eigenvalue weighted by molar-refractivity contribution is 5.69. The molecule has 0 saturated carbocycles. The molecule has 1 aromatic rings. The highest BCUT2D eigenvalue weighted by atomic mass is 16.5. The summed E-state index contributed by atoms with van der Waals surface area (Å²) in [6, 6.07) is 7.86. The largest absolute Gasteiger partial charge is 0.494 e. The Balaban J connectivity index is 2.11. The van der Waals surface area contributed by atoms with Crippen molar-refractivity contribution in [2.45, 2.75) is 25.8 Å². The fraction of sp³-hybridized carbons (Fsp3) is 0.562. The zero-order valence-electron chi connectivity index (χ0n) is 13.0. The van der Waals surface area contributed by atoms with Gasteiger partial charge in [-0.05, 0) is 44.1 Å². The second-order valence-electron chi connectivity index (χ2n) is 5.04. The Morgan fingerprint density at radius 3 is 2.76 bits per heavy atom. The van der Waals surface area contributed by atoms with Gasteiger partial charge in [-0.15, -0.1) is 0 Å². The highest BCUT2D eigenvalue weighted by Gasteiger charge is 2.03. The standard InChI is InChI=1S/C16H26N2O3/c1-18(9-4-8-16(19)20-2)10-5-11-21-15-7-3-6-14(12-15)13-17/h3,6-7,12H,4-5,8-11,13,17H2,1-2H3. The highest BCUT2D eigenvalue weighted by Crippen LogP contribution is 2.13. The van der Waals surface area contributed by atoms with Crippen LogP contribution in [0.5, 0.6) is 5.75 Å². The molecule has 0 unspecified atom stereocenters. The summed E-state index contributed by atoms with van der Waals surface area (Å²) in [6.45, 7) is 3.03. The van der Waals surface area contributed by atoms with Crippen LogP contribution in [0.4, 0.5) is 0 Å². The fourth-order valence-electron chi connectivity index (χ4n) is 1.99. The summed E-state index contributed by atoms with van der Waals surface area (Å²) in [5.41, 5.74) is 6.67. The Bertz CT molecular complexity index is 424. The molecule has 0 aliphatic heterocycles. The summed E-state index contributed by atoms with van der Waals surface area (Å²) in [6.07, 6.45) is 2.24. The van der Waals surface area contributed by atoms with E-state index in [9.17, 15) is 4.79 Å². The summed E-state index contributed by atoms with van der Waals surface area (Å²) >= 11 is 0. The van der Waals surface area contributed by atoms with Gasteiger partial charge in [0.1, 0.15) is 5.75 Å². The Kier molecular flexibility index (Phi) is 8.47. The molecule has 0 atom stereocenters. The molecule has 5 heteroatoms. The quantitative estimate of drug-likeness (QED) is 0.526. The first-order valence-corrected chi connectivity index (χ1v) is 7.33. The van der Waals surface area contributed by atoms with Crippen molar-refractivity contribution in [2.24, 2.45) is 5.73 Å². The van der Waals surface area contributed by atoms with Crippen LogP contribution in [-0.4, -0.2) is 44.7 Å². The molecule has 2 N–H and O–H groups in total. The zero-order valence-corrected chi connectivity index (χ0v) is 13.0. The van der Waals surface area contributed by atoms with Gasteiger partial charge in [0, 0.05) is 19.5 Å². The predicted molar refractivity (Wildman–Crippen MR) is 83.2 cm³/mol. The van der Waals surface area contributed by atoms with Crippen LogP contribution in [0, 0.1) is 0 Å². The first-order valence-electron chi connectivity index (χ1n) is 7.33. The summed E-state index contributed by atoms with van der Waals surface area (Å²) < 4.78 is 10.3. The molecule has 0 saturated heterocycles. The SMILES string of the molecule is COC(=O)CCCN(C)CCCOc1cccc(CN)c1. The minimum atomic E-state index is -0.147. The minimum absolute atomic E-state index is 0.147. The third-order valence-corrected chi connectivity index (χ3v) is 3.24. The van der Waals surface area contributed by atoms with Crippen LogP contribution in [0.25, 0.3) is 0 Å². The molecule has 0 amide bonds. The van der Waals surface area contributed by atoms with Crippen LogP contribution in [-0.2, 0) is 16.1 Å². The second-order valence-corrected chi connectivity index (χ2v) is 5.04. The summed E-state index contributed by atoms with van der Waals surface area (Å²) in [7, 11) is 3.47. The van der Waals surface area contributed by atoms with Gasteiger partial charge in [0.2, 0.25) is 0 Å². The van der Waals surface area contributed by atoms with Crippen molar-refractivity contribution in [1.29, 1.82) is 0 Å². The van der Waals surface area contributed by atoms with Gasteiger partial charge < -0.3 is 20.1 Å². The van der Waals surface area contributed by atoms with Gasteiger partial charge in [0.15, 0.2) is 0 Å². The number of hydrogen-bond donors (Lipinski definition) is 1. The predicted octanol–water partition coefficient (Wildman–Crippen LogP) is 1.80. The third kappa shape index (κ3) is 7.68. The lowest BCUT2D eigenvalue weighted by Crippen LogP contribution is -2.23. The van der Waals surface area contributed by atoms with Crippen molar-refractivity contribution in [1.82, 2.24) is 4.90 Å². The van der Waals surface area contributed by atoms with Crippen LogP contribution in [0.1, 0.15) is 24.8 Å². The Morgan fingerprint density at radius 1 is 1.29 bits per heavy atom. The topological polar surface area (TPSA) is 64.8 Å². The molecule has 0 radical (unpaired) electrons. The Hall–Kier alpha value is -1.59. The van der Waals surface area contributed by atoms with Gasteiger partial charge in [-0.3, -0.25) is 4.79 Å². The number of carbonyl (C=O) groups is 1. The van der Waals surface area contributed by atoms with Gasteiger partial charge in [0.05, 0.1) is 13.7 Å². The van der Waals surface area contributed by atoms with E-state index in [-0.39, 0.29) is 5.97 Å². The molecule has 0 aliphatic rings. The van der Waals surface area contributed by atoms with E-state index in [0.717, 1.165) is 37.2 Å². The van der Waals surface area contributed by atoms with Crippen molar-refractivity contribution in [3.05, 3.63) is 29.8 Å². The molecule has 0 aliphatic carbocycles. The van der Waals surface area contributed by atoms with E-state index in [1.54, 1.807) is 0 Å². The lowest BCUT2D eigenvalue weighted by atomic mass is 10.2. The van der Waals surface area contributed by atoms with E-state index in [4.69, 9.17) is 10.5 Å². The molecule has 118 valence electrons. The first-order chi connectivity index (χ1) is 10.2. The van der Waals surface area contributed by atoms with Gasteiger partial charge in [-0.1, -0.05) is 12.1 Å². The number of esters is 1. The number of methoxy groups -OCH3 is 1. The van der Waals surface area contributed by atoms with Crippen molar-refractivity contribution in [2.75, 3.05) is 33.9 Å². The van der Waals surface area contributed by atoms with Gasteiger partial charge in [-0.2, -0.15) is 0 Å². The Morgan fingerprint density at radius 2 is 2.05 bits per heavy atom. The summed E-state index contributed by atoms with van der Waals surface area (Å²) in [4.78, 5) is 13.2. The smallest absolute Gasteiger partial charge is 0.305 e. The van der Waals surface area contributed by atoms with E-state index in [1.807, 2.05) is 31.3 Å². The molecule has 0 heterocycles. The number of hydrogen-bond acceptors (Lipinski definition) is 5. The van der Waals surface area contributed by atoms with Crippen LogP contribution in [0.3, 0.4) is 0 Å². The number of carbonyl (C=O) groups excluding carboxylic acids is 1. The second kappa shape index (κ2) is 10.2. The number of ether oxygens (including phenoxy) is 2. The molecular weight excluding hydrogens is 268 g/mol. The van der Waals surface area contributed by atoms with Crippen LogP contribution < -0.4 is 10.5 Å². The number of benzene rings is 1. The average Bonchev–Trinajstić information content (AvgIpc) is 2.51. The molecular formula is C16H26N2O3. The van der Waals surface area contributed by atoms with E-state index >= 15 is 0 Å². The number of nitrogens with zero attached hydrogens (tertiary/aromatic N) is 1. The maximum Gasteiger partial charge on any atom is 0.305 e. The normalized spacial score (nSPS) is 10.7.